The van der Waals surface area contributed by atoms with Crippen LogP contribution in [0.25, 0.3) is 0 Å². The zero-order valence-corrected chi connectivity index (χ0v) is 12.6. The van der Waals surface area contributed by atoms with Gasteiger partial charge >= 0.3 is 6.09 Å². The number of hydrogen-bond donors (Lipinski definition) is 1. The van der Waals surface area contributed by atoms with Crippen LogP contribution in [0.1, 0.15) is 24.2 Å². The summed E-state index contributed by atoms with van der Waals surface area (Å²) >= 11 is 3.30. The highest BCUT2D eigenvalue weighted by Crippen LogP contribution is 2.13. The van der Waals surface area contributed by atoms with E-state index in [2.05, 4.69) is 26.2 Å². The van der Waals surface area contributed by atoms with Crippen LogP contribution in [0.3, 0.4) is 0 Å². The minimum absolute atomic E-state index is 0.212. The number of halogens is 1. The monoisotopic (exact) mass is 334 g/mol. The predicted octanol–water partition coefficient (Wildman–Crippen LogP) is 3.83. The summed E-state index contributed by atoms with van der Waals surface area (Å²) in [5.74, 6) is 0. The molecule has 1 atom stereocenters. The molecule has 1 heterocycles. The second-order valence-corrected chi connectivity index (χ2v) is 5.13. The van der Waals surface area contributed by atoms with Crippen molar-refractivity contribution in [2.24, 2.45) is 0 Å². The van der Waals surface area contributed by atoms with Gasteiger partial charge in [-0.2, -0.15) is 0 Å². The quantitative estimate of drug-likeness (QED) is 0.864. The van der Waals surface area contributed by atoms with Gasteiger partial charge in [0.15, 0.2) is 0 Å². The Labute approximate surface area is 126 Å². The molecule has 20 heavy (non-hydrogen) atoms. The Hall–Kier alpha value is -1.88. The fourth-order valence-corrected chi connectivity index (χ4v) is 2.04. The van der Waals surface area contributed by atoms with E-state index in [1.807, 2.05) is 55.5 Å². The third kappa shape index (κ3) is 4.35. The van der Waals surface area contributed by atoms with Crippen LogP contribution in [0.5, 0.6) is 0 Å². The SMILES string of the molecule is CC(NC(=O)OCc1ccccc1)c1cccc(Br)n1. The third-order valence-corrected chi connectivity index (χ3v) is 3.17. The minimum Gasteiger partial charge on any atom is -0.445 e. The first-order chi connectivity index (χ1) is 9.65. The fourth-order valence-electron chi connectivity index (χ4n) is 1.68. The smallest absolute Gasteiger partial charge is 0.407 e. The number of benzene rings is 1. The first-order valence-electron chi connectivity index (χ1n) is 6.25. The van der Waals surface area contributed by atoms with Crippen LogP contribution in [-0.4, -0.2) is 11.1 Å². The first kappa shape index (κ1) is 14.5. The molecular formula is C15H15BrN2O2. The Balaban J connectivity index is 1.85. The van der Waals surface area contributed by atoms with Crippen molar-refractivity contribution >= 4 is 22.0 Å². The summed E-state index contributed by atoms with van der Waals surface area (Å²) in [6, 6.07) is 14.9. The lowest BCUT2D eigenvalue weighted by Gasteiger charge is -2.13. The minimum atomic E-state index is -0.455. The molecular weight excluding hydrogens is 320 g/mol. The Morgan fingerprint density at radius 2 is 2.00 bits per heavy atom. The largest absolute Gasteiger partial charge is 0.445 e. The van der Waals surface area contributed by atoms with Crippen molar-refractivity contribution in [1.29, 1.82) is 0 Å². The maximum absolute atomic E-state index is 11.7. The summed E-state index contributed by atoms with van der Waals surface area (Å²) in [6.45, 7) is 2.11. The lowest BCUT2D eigenvalue weighted by atomic mass is 10.2. The molecule has 0 saturated heterocycles. The van der Waals surface area contributed by atoms with Gasteiger partial charge in [-0.1, -0.05) is 36.4 Å². The first-order valence-corrected chi connectivity index (χ1v) is 7.04. The maximum atomic E-state index is 11.7. The molecule has 104 valence electrons. The molecule has 4 nitrogen and oxygen atoms in total. The van der Waals surface area contributed by atoms with E-state index in [4.69, 9.17) is 4.74 Å². The van der Waals surface area contributed by atoms with Gasteiger partial charge in [0.05, 0.1) is 11.7 Å². The average Bonchev–Trinajstić information content (AvgIpc) is 2.46. The van der Waals surface area contributed by atoms with Crippen molar-refractivity contribution in [3.8, 4) is 0 Å². The number of ether oxygens (including phenoxy) is 1. The Bertz CT molecular complexity index is 575. The number of rotatable bonds is 4. The van der Waals surface area contributed by atoms with Crippen molar-refractivity contribution in [3.63, 3.8) is 0 Å². The Morgan fingerprint density at radius 3 is 2.70 bits per heavy atom. The molecule has 0 aliphatic rings. The topological polar surface area (TPSA) is 51.2 Å². The van der Waals surface area contributed by atoms with E-state index in [0.29, 0.717) is 0 Å². The zero-order chi connectivity index (χ0) is 14.4. The van der Waals surface area contributed by atoms with E-state index in [9.17, 15) is 4.79 Å². The van der Waals surface area contributed by atoms with E-state index < -0.39 is 6.09 Å². The third-order valence-electron chi connectivity index (χ3n) is 2.73. The van der Waals surface area contributed by atoms with Crippen LogP contribution in [0.4, 0.5) is 4.79 Å². The fraction of sp³-hybridized carbons (Fsp3) is 0.200. The summed E-state index contributed by atoms with van der Waals surface area (Å²) in [4.78, 5) is 16.0. The van der Waals surface area contributed by atoms with Gasteiger partial charge in [0.1, 0.15) is 11.2 Å². The van der Waals surface area contributed by atoms with Crippen LogP contribution >= 0.6 is 15.9 Å². The Kier molecular flexibility index (Phi) is 5.12. The molecule has 0 bridgehead atoms. The summed E-state index contributed by atoms with van der Waals surface area (Å²) in [5, 5.41) is 2.75. The summed E-state index contributed by atoms with van der Waals surface area (Å²) < 4.78 is 5.90. The van der Waals surface area contributed by atoms with Crippen molar-refractivity contribution in [3.05, 3.63) is 64.4 Å². The molecule has 2 aromatic rings. The summed E-state index contributed by atoms with van der Waals surface area (Å²) in [6.07, 6.45) is -0.455. The number of carbonyl (C=O) groups excluding carboxylic acids is 1. The molecule has 0 radical (unpaired) electrons. The second kappa shape index (κ2) is 7.05. The lowest BCUT2D eigenvalue weighted by molar-refractivity contribution is 0.136. The summed E-state index contributed by atoms with van der Waals surface area (Å²) in [7, 11) is 0. The molecule has 1 unspecified atom stereocenters. The van der Waals surface area contributed by atoms with E-state index in [1.165, 1.54) is 0 Å². The van der Waals surface area contributed by atoms with Crippen LogP contribution in [0.15, 0.2) is 53.1 Å². The van der Waals surface area contributed by atoms with Gasteiger partial charge in [-0.05, 0) is 40.5 Å². The van der Waals surface area contributed by atoms with Crippen LogP contribution in [0.2, 0.25) is 0 Å². The zero-order valence-electron chi connectivity index (χ0n) is 11.0. The van der Waals surface area contributed by atoms with Gasteiger partial charge in [-0.15, -0.1) is 0 Å². The highest BCUT2D eigenvalue weighted by atomic mass is 79.9. The van der Waals surface area contributed by atoms with Gasteiger partial charge in [0.25, 0.3) is 0 Å². The van der Waals surface area contributed by atoms with Gasteiger partial charge < -0.3 is 10.1 Å². The molecule has 1 aromatic carbocycles. The number of amides is 1. The van der Waals surface area contributed by atoms with E-state index in [0.717, 1.165) is 15.9 Å². The maximum Gasteiger partial charge on any atom is 0.407 e. The number of aromatic nitrogens is 1. The predicted molar refractivity (Wildman–Crippen MR) is 80.1 cm³/mol. The van der Waals surface area contributed by atoms with Gasteiger partial charge in [0, 0.05) is 0 Å². The Morgan fingerprint density at radius 1 is 1.25 bits per heavy atom. The van der Waals surface area contributed by atoms with E-state index in [-0.39, 0.29) is 12.6 Å². The van der Waals surface area contributed by atoms with E-state index >= 15 is 0 Å². The number of nitrogens with zero attached hydrogens (tertiary/aromatic N) is 1. The normalized spacial score (nSPS) is 11.7. The second-order valence-electron chi connectivity index (χ2n) is 4.31. The van der Waals surface area contributed by atoms with E-state index in [1.54, 1.807) is 0 Å². The van der Waals surface area contributed by atoms with Crippen LogP contribution in [0, 0.1) is 0 Å². The van der Waals surface area contributed by atoms with Gasteiger partial charge in [-0.25, -0.2) is 9.78 Å². The molecule has 2 rings (SSSR count). The number of pyridine rings is 1. The number of carbonyl (C=O) groups is 1. The molecule has 1 amide bonds. The molecule has 0 saturated carbocycles. The molecule has 0 fully saturated rings. The van der Waals surface area contributed by atoms with Crippen LogP contribution < -0.4 is 5.32 Å². The molecule has 1 N–H and O–H groups in total. The number of nitrogens with one attached hydrogen (secondary N) is 1. The molecule has 0 aliphatic heterocycles. The molecule has 1 aromatic heterocycles. The lowest BCUT2D eigenvalue weighted by Crippen LogP contribution is -2.27. The van der Waals surface area contributed by atoms with Crippen LogP contribution in [-0.2, 0) is 11.3 Å². The number of hydrogen-bond acceptors (Lipinski definition) is 3. The highest BCUT2D eigenvalue weighted by molar-refractivity contribution is 9.10. The van der Waals surface area contributed by atoms with Gasteiger partial charge in [-0.3, -0.25) is 0 Å². The molecule has 0 aliphatic carbocycles. The van der Waals surface area contributed by atoms with Crippen molar-refractivity contribution < 1.29 is 9.53 Å². The average molecular weight is 335 g/mol. The van der Waals surface area contributed by atoms with Crippen molar-refractivity contribution in [2.45, 2.75) is 19.6 Å². The van der Waals surface area contributed by atoms with Crippen molar-refractivity contribution in [1.82, 2.24) is 10.3 Å². The molecule has 5 heteroatoms. The summed E-state index contributed by atoms with van der Waals surface area (Å²) in [5.41, 5.74) is 1.73. The highest BCUT2D eigenvalue weighted by Gasteiger charge is 2.11. The standard InChI is InChI=1S/C15H15BrN2O2/c1-11(13-8-5-9-14(16)18-13)17-15(19)20-10-12-6-3-2-4-7-12/h2-9,11H,10H2,1H3,(H,17,19). The van der Waals surface area contributed by atoms with Gasteiger partial charge in [0.2, 0.25) is 0 Å². The number of alkyl carbamates (subject to hydrolysis) is 1. The molecule has 0 spiro atoms. The van der Waals surface area contributed by atoms with Crippen molar-refractivity contribution in [2.75, 3.05) is 0 Å².